The molecule has 25 heavy (non-hydrogen) atoms. The van der Waals surface area contributed by atoms with Crippen LogP contribution in [0.4, 0.5) is 10.2 Å². The van der Waals surface area contributed by atoms with Gasteiger partial charge in [0.25, 0.3) is 5.91 Å². The average molecular weight is 360 g/mol. The van der Waals surface area contributed by atoms with E-state index in [1.54, 1.807) is 28.9 Å². The molecule has 0 aliphatic heterocycles. The minimum absolute atomic E-state index is 0.203. The number of carbonyl (C=O) groups excluding carboxylic acids is 1. The van der Waals surface area contributed by atoms with Crippen molar-refractivity contribution in [3.05, 3.63) is 71.1 Å². The van der Waals surface area contributed by atoms with Crippen molar-refractivity contribution < 1.29 is 13.9 Å². The molecule has 0 saturated heterocycles. The molecule has 3 aromatic rings. The molecule has 0 aliphatic carbocycles. The van der Waals surface area contributed by atoms with Gasteiger partial charge in [-0.15, -0.1) is 0 Å². The van der Waals surface area contributed by atoms with Gasteiger partial charge in [-0.3, -0.25) is 4.79 Å². The van der Waals surface area contributed by atoms with Gasteiger partial charge in [-0.1, -0.05) is 17.7 Å². The van der Waals surface area contributed by atoms with Gasteiger partial charge in [0.1, 0.15) is 17.4 Å². The number of nitrogens with one attached hydrogen (secondary N) is 1. The fourth-order valence-electron chi connectivity index (χ4n) is 2.25. The number of amides is 1. The standard InChI is InChI=1S/C18H15ClFN3O2/c1-12-9-17(23(22-12)15-4-2-3-13(19)10-15)21-18(24)11-25-16-7-5-14(20)6-8-16/h2-10H,11H2,1H3,(H,21,24). The summed E-state index contributed by atoms with van der Waals surface area (Å²) < 4.78 is 19.8. The Kier molecular flexibility index (Phi) is 5.00. The van der Waals surface area contributed by atoms with Crippen molar-refractivity contribution in [2.45, 2.75) is 6.92 Å². The highest BCUT2D eigenvalue weighted by Crippen LogP contribution is 2.20. The highest BCUT2D eigenvalue weighted by atomic mass is 35.5. The number of rotatable bonds is 5. The lowest BCUT2D eigenvalue weighted by molar-refractivity contribution is -0.118. The average Bonchev–Trinajstić information content (AvgIpc) is 2.95. The number of nitrogens with zero attached hydrogens (tertiary/aromatic N) is 2. The SMILES string of the molecule is Cc1cc(NC(=O)COc2ccc(F)cc2)n(-c2cccc(Cl)c2)n1. The van der Waals surface area contributed by atoms with E-state index in [1.807, 2.05) is 13.0 Å². The van der Waals surface area contributed by atoms with Crippen molar-refractivity contribution in [1.29, 1.82) is 0 Å². The van der Waals surface area contributed by atoms with Crippen molar-refractivity contribution in [2.75, 3.05) is 11.9 Å². The van der Waals surface area contributed by atoms with Crippen LogP contribution in [-0.2, 0) is 4.79 Å². The Morgan fingerprint density at radius 1 is 1.24 bits per heavy atom. The number of ether oxygens (including phenoxy) is 1. The van der Waals surface area contributed by atoms with Crippen LogP contribution in [0.25, 0.3) is 5.69 Å². The molecule has 0 bridgehead atoms. The monoisotopic (exact) mass is 359 g/mol. The molecular weight excluding hydrogens is 345 g/mol. The molecule has 1 N–H and O–H groups in total. The number of benzene rings is 2. The van der Waals surface area contributed by atoms with E-state index in [-0.39, 0.29) is 18.3 Å². The molecule has 0 atom stereocenters. The van der Waals surface area contributed by atoms with Crippen molar-refractivity contribution in [1.82, 2.24) is 9.78 Å². The first kappa shape index (κ1) is 17.0. The Balaban J connectivity index is 1.70. The molecule has 0 unspecified atom stereocenters. The van der Waals surface area contributed by atoms with Crippen LogP contribution in [0.3, 0.4) is 0 Å². The largest absolute Gasteiger partial charge is 0.484 e. The molecule has 3 rings (SSSR count). The summed E-state index contributed by atoms with van der Waals surface area (Å²) in [7, 11) is 0. The first-order valence-electron chi connectivity index (χ1n) is 7.52. The Hall–Kier alpha value is -2.86. The third kappa shape index (κ3) is 4.36. The van der Waals surface area contributed by atoms with E-state index in [2.05, 4.69) is 10.4 Å². The molecule has 1 amide bonds. The predicted molar refractivity (Wildman–Crippen MR) is 93.8 cm³/mol. The molecular formula is C18H15ClFN3O2. The zero-order valence-electron chi connectivity index (χ0n) is 13.4. The Labute approximate surface area is 149 Å². The van der Waals surface area contributed by atoms with E-state index < -0.39 is 0 Å². The van der Waals surface area contributed by atoms with E-state index >= 15 is 0 Å². The molecule has 5 nitrogen and oxygen atoms in total. The van der Waals surface area contributed by atoms with Gasteiger partial charge in [0, 0.05) is 11.1 Å². The van der Waals surface area contributed by atoms with E-state index in [0.717, 1.165) is 11.4 Å². The van der Waals surface area contributed by atoms with Crippen LogP contribution >= 0.6 is 11.6 Å². The Bertz CT molecular complexity index is 894. The zero-order chi connectivity index (χ0) is 17.8. The van der Waals surface area contributed by atoms with Crippen LogP contribution < -0.4 is 10.1 Å². The van der Waals surface area contributed by atoms with Crippen LogP contribution in [-0.4, -0.2) is 22.3 Å². The maximum absolute atomic E-state index is 12.9. The summed E-state index contributed by atoms with van der Waals surface area (Å²) in [4.78, 5) is 12.1. The normalized spacial score (nSPS) is 10.5. The minimum Gasteiger partial charge on any atom is -0.484 e. The van der Waals surface area contributed by atoms with Gasteiger partial charge in [0.2, 0.25) is 0 Å². The Morgan fingerprint density at radius 3 is 2.72 bits per heavy atom. The minimum atomic E-state index is -0.363. The number of anilines is 1. The van der Waals surface area contributed by atoms with E-state index in [9.17, 15) is 9.18 Å². The van der Waals surface area contributed by atoms with E-state index in [0.29, 0.717) is 16.6 Å². The van der Waals surface area contributed by atoms with Crippen LogP contribution in [0.15, 0.2) is 54.6 Å². The fraction of sp³-hybridized carbons (Fsp3) is 0.111. The van der Waals surface area contributed by atoms with Crippen LogP contribution in [0.2, 0.25) is 5.02 Å². The summed E-state index contributed by atoms with van der Waals surface area (Å²) in [6.07, 6.45) is 0. The van der Waals surface area contributed by atoms with E-state index in [4.69, 9.17) is 16.3 Å². The lowest BCUT2D eigenvalue weighted by Crippen LogP contribution is -2.21. The van der Waals surface area contributed by atoms with Crippen LogP contribution in [0, 0.1) is 12.7 Å². The number of aryl methyl sites for hydroxylation is 1. The number of halogens is 2. The second kappa shape index (κ2) is 7.36. The summed E-state index contributed by atoms with van der Waals surface area (Å²) >= 11 is 6.01. The summed E-state index contributed by atoms with van der Waals surface area (Å²) in [5.41, 5.74) is 1.48. The molecule has 0 aliphatic rings. The van der Waals surface area contributed by atoms with Gasteiger partial charge < -0.3 is 10.1 Å². The first-order chi connectivity index (χ1) is 12.0. The zero-order valence-corrected chi connectivity index (χ0v) is 14.1. The summed E-state index contributed by atoms with van der Waals surface area (Å²) in [5, 5.41) is 7.69. The molecule has 0 fully saturated rings. The van der Waals surface area contributed by atoms with Crippen LogP contribution in [0.1, 0.15) is 5.69 Å². The van der Waals surface area contributed by atoms with Gasteiger partial charge in [-0.05, 0) is 49.4 Å². The van der Waals surface area contributed by atoms with Crippen molar-refractivity contribution in [2.24, 2.45) is 0 Å². The molecule has 1 heterocycles. The maximum Gasteiger partial charge on any atom is 0.263 e. The molecule has 0 saturated carbocycles. The molecule has 0 spiro atoms. The maximum atomic E-state index is 12.9. The number of hydrogen-bond acceptors (Lipinski definition) is 3. The van der Waals surface area contributed by atoms with E-state index in [1.165, 1.54) is 24.3 Å². The predicted octanol–water partition coefficient (Wildman–Crippen LogP) is 3.99. The van der Waals surface area contributed by atoms with Crippen molar-refractivity contribution >= 4 is 23.3 Å². The third-order valence-electron chi connectivity index (χ3n) is 3.34. The van der Waals surface area contributed by atoms with Gasteiger partial charge in [0.05, 0.1) is 11.4 Å². The van der Waals surface area contributed by atoms with Crippen molar-refractivity contribution in [3.8, 4) is 11.4 Å². The molecule has 2 aromatic carbocycles. The summed E-state index contributed by atoms with van der Waals surface area (Å²) in [6.45, 7) is 1.62. The van der Waals surface area contributed by atoms with Gasteiger partial charge >= 0.3 is 0 Å². The highest BCUT2D eigenvalue weighted by Gasteiger charge is 2.12. The summed E-state index contributed by atoms with van der Waals surface area (Å²) in [6, 6.07) is 14.4. The molecule has 1 aromatic heterocycles. The first-order valence-corrected chi connectivity index (χ1v) is 7.90. The number of aromatic nitrogens is 2. The van der Waals surface area contributed by atoms with Gasteiger partial charge in [-0.25, -0.2) is 9.07 Å². The second-order valence-electron chi connectivity index (χ2n) is 5.35. The lowest BCUT2D eigenvalue weighted by atomic mass is 10.3. The number of carbonyl (C=O) groups is 1. The molecule has 128 valence electrons. The number of hydrogen-bond donors (Lipinski definition) is 1. The topological polar surface area (TPSA) is 56.1 Å². The Morgan fingerprint density at radius 2 is 2.00 bits per heavy atom. The smallest absolute Gasteiger partial charge is 0.263 e. The quantitative estimate of drug-likeness (QED) is 0.749. The van der Waals surface area contributed by atoms with Gasteiger partial charge in [0.15, 0.2) is 6.61 Å². The third-order valence-corrected chi connectivity index (χ3v) is 3.57. The second-order valence-corrected chi connectivity index (χ2v) is 5.79. The van der Waals surface area contributed by atoms with Gasteiger partial charge in [-0.2, -0.15) is 5.10 Å². The highest BCUT2D eigenvalue weighted by molar-refractivity contribution is 6.30. The van der Waals surface area contributed by atoms with Crippen molar-refractivity contribution in [3.63, 3.8) is 0 Å². The fourth-order valence-corrected chi connectivity index (χ4v) is 2.44. The molecule has 0 radical (unpaired) electrons. The lowest BCUT2D eigenvalue weighted by Gasteiger charge is -2.10. The molecule has 7 heteroatoms. The summed E-state index contributed by atoms with van der Waals surface area (Å²) in [5.74, 6) is 0.203. The van der Waals surface area contributed by atoms with Crippen LogP contribution in [0.5, 0.6) is 5.75 Å².